The van der Waals surface area contributed by atoms with Crippen LogP contribution in [0.4, 0.5) is 9.18 Å². The van der Waals surface area contributed by atoms with Crippen molar-refractivity contribution in [1.82, 2.24) is 10.6 Å². The van der Waals surface area contributed by atoms with Gasteiger partial charge in [0.2, 0.25) is 0 Å². The van der Waals surface area contributed by atoms with E-state index in [1.54, 1.807) is 95.3 Å². The van der Waals surface area contributed by atoms with Gasteiger partial charge in [-0.05, 0) is 80.8 Å². The number of aliphatic hydroxyl groups is 1. The van der Waals surface area contributed by atoms with Gasteiger partial charge >= 0.3 is 24.0 Å². The summed E-state index contributed by atoms with van der Waals surface area (Å²) in [6.45, 7) is 10.7. The third-order valence-electron chi connectivity index (χ3n) is 14.5. The largest absolute Gasteiger partial charge is 0.456 e. The SMILES string of the molecule is CCNC(=O)O[C@H]1C[C@H]2OC[C@@]2(OC(C)=O)C2[C@H](OC(=O)c3ccc(F)cc3)[C@]3(O)C[C@H](OC(=O)[C@H](OCC)[C@@H](NC(=O)c4ccccc4)c4ccccc4)C(C)=C([C@@H](OCCS)C(=O)[C@@]21C)C3(C)C. The van der Waals surface area contributed by atoms with Crippen LogP contribution in [0.2, 0.25) is 0 Å². The maximum Gasteiger partial charge on any atom is 0.407 e. The zero-order valence-electron chi connectivity index (χ0n) is 40.2. The van der Waals surface area contributed by atoms with Crippen LogP contribution in [0.5, 0.6) is 0 Å². The summed E-state index contributed by atoms with van der Waals surface area (Å²) in [6, 6.07) is 20.5. The highest BCUT2D eigenvalue weighted by Gasteiger charge is 2.79. The molecule has 3 fully saturated rings. The molecule has 2 bridgehead atoms. The molecule has 3 aliphatic carbocycles. The van der Waals surface area contributed by atoms with Crippen LogP contribution in [0.15, 0.2) is 96.1 Å². The van der Waals surface area contributed by atoms with Gasteiger partial charge in [0.15, 0.2) is 17.5 Å². The van der Waals surface area contributed by atoms with Crippen LogP contribution in [-0.4, -0.2) is 121 Å². The van der Waals surface area contributed by atoms with E-state index in [1.807, 2.05) is 0 Å². The zero-order valence-corrected chi connectivity index (χ0v) is 41.1. The Labute approximate surface area is 411 Å². The topological polar surface area (TPSA) is 211 Å². The Morgan fingerprint density at radius 3 is 2.16 bits per heavy atom. The van der Waals surface area contributed by atoms with Gasteiger partial charge in [-0.2, -0.15) is 12.6 Å². The molecule has 0 radical (unpaired) electrons. The number of halogens is 1. The lowest BCUT2D eigenvalue weighted by atomic mass is 9.44. The molecule has 1 unspecified atom stereocenters. The van der Waals surface area contributed by atoms with Gasteiger partial charge in [0.05, 0.1) is 36.2 Å². The van der Waals surface area contributed by atoms with Crippen molar-refractivity contribution in [1.29, 1.82) is 0 Å². The lowest BCUT2D eigenvalue weighted by Crippen LogP contribution is -2.82. The number of esters is 3. The maximum absolute atomic E-state index is 16.2. The molecule has 1 heterocycles. The molecule has 2 saturated carbocycles. The molecule has 2 amide bonds. The third-order valence-corrected chi connectivity index (χ3v) is 14.7. The molecule has 4 aliphatic rings. The zero-order chi connectivity index (χ0) is 50.8. The minimum absolute atomic E-state index is 0.00280. The van der Waals surface area contributed by atoms with Gasteiger partial charge in [-0.15, -0.1) is 0 Å². The number of ketones is 1. The van der Waals surface area contributed by atoms with Crippen LogP contribution in [-0.2, 0) is 47.5 Å². The number of carbonyl (C=O) groups is 6. The van der Waals surface area contributed by atoms with E-state index in [1.165, 1.54) is 26.0 Å². The number of alkyl carbamates (subject to hydrolysis) is 1. The van der Waals surface area contributed by atoms with Crippen molar-refractivity contribution in [2.24, 2.45) is 16.7 Å². The summed E-state index contributed by atoms with van der Waals surface area (Å²) < 4.78 is 58.3. The predicted molar refractivity (Wildman–Crippen MR) is 253 cm³/mol. The monoisotopic (exact) mass is 988 g/mol. The van der Waals surface area contributed by atoms with E-state index >= 15 is 9.59 Å². The third kappa shape index (κ3) is 9.47. The Hall–Kier alpha value is -5.66. The maximum atomic E-state index is 16.2. The Kier molecular flexibility index (Phi) is 15.6. The lowest BCUT2D eigenvalue weighted by Gasteiger charge is -2.67. The van der Waals surface area contributed by atoms with Gasteiger partial charge in [0.25, 0.3) is 5.91 Å². The summed E-state index contributed by atoms with van der Waals surface area (Å²) in [5.41, 5.74) is -6.63. The number of hydrogen-bond donors (Lipinski definition) is 4. The molecule has 0 aromatic heterocycles. The van der Waals surface area contributed by atoms with Crippen LogP contribution >= 0.6 is 12.6 Å². The second kappa shape index (κ2) is 21.0. The van der Waals surface area contributed by atoms with Crippen LogP contribution in [0.1, 0.15) is 93.6 Å². The molecular weight excluding hydrogens is 928 g/mol. The second-order valence-electron chi connectivity index (χ2n) is 18.8. The number of rotatable bonds is 16. The average Bonchev–Trinajstić information content (AvgIpc) is 3.32. The van der Waals surface area contributed by atoms with E-state index in [0.717, 1.165) is 12.1 Å². The average molecular weight is 989 g/mol. The summed E-state index contributed by atoms with van der Waals surface area (Å²) in [5.74, 6) is -6.05. The molecule has 70 heavy (non-hydrogen) atoms. The molecular formula is C52H61FN2O14S. The van der Waals surface area contributed by atoms with E-state index in [2.05, 4.69) is 23.3 Å². The number of benzene rings is 3. The smallest absolute Gasteiger partial charge is 0.407 e. The first-order valence-electron chi connectivity index (χ1n) is 23.4. The van der Waals surface area contributed by atoms with E-state index in [0.29, 0.717) is 16.7 Å². The van der Waals surface area contributed by atoms with Gasteiger partial charge in [-0.25, -0.2) is 18.8 Å². The van der Waals surface area contributed by atoms with Crippen LogP contribution < -0.4 is 10.6 Å². The normalized spacial score (nSPS) is 29.5. The van der Waals surface area contributed by atoms with Crippen LogP contribution in [0.25, 0.3) is 0 Å². The fourth-order valence-electron chi connectivity index (χ4n) is 11.0. The number of fused-ring (bicyclic) bond motifs is 5. The first-order valence-corrected chi connectivity index (χ1v) is 24.1. The molecule has 1 aliphatic heterocycles. The number of amides is 2. The lowest BCUT2D eigenvalue weighted by molar-refractivity contribution is -0.345. The quantitative estimate of drug-likeness (QED) is 0.0557. The van der Waals surface area contributed by atoms with Gasteiger partial charge < -0.3 is 48.9 Å². The minimum atomic E-state index is -2.39. The molecule has 16 nitrogen and oxygen atoms in total. The molecule has 3 aromatic carbocycles. The van der Waals surface area contributed by atoms with Gasteiger partial charge in [-0.1, -0.05) is 62.4 Å². The first kappa shape index (κ1) is 52.2. The number of hydrogen-bond acceptors (Lipinski definition) is 15. The number of ether oxygens (including phenoxy) is 7. The van der Waals surface area contributed by atoms with Crippen LogP contribution in [0.3, 0.4) is 0 Å². The highest BCUT2D eigenvalue weighted by molar-refractivity contribution is 7.80. The van der Waals surface area contributed by atoms with Crippen molar-refractivity contribution >= 4 is 48.3 Å². The molecule has 3 aromatic rings. The van der Waals surface area contributed by atoms with Gasteiger partial charge in [0, 0.05) is 49.6 Å². The van der Waals surface area contributed by atoms with E-state index in [4.69, 9.17) is 33.2 Å². The Morgan fingerprint density at radius 2 is 1.57 bits per heavy atom. The fraction of sp³-hybridized carbons (Fsp3) is 0.500. The predicted octanol–water partition coefficient (Wildman–Crippen LogP) is 6.06. The number of nitrogens with one attached hydrogen (secondary N) is 2. The van der Waals surface area contributed by atoms with E-state index in [9.17, 15) is 28.7 Å². The highest BCUT2D eigenvalue weighted by Crippen LogP contribution is 2.65. The molecule has 7 rings (SSSR count). The van der Waals surface area contributed by atoms with Crippen molar-refractivity contribution in [2.75, 3.05) is 32.1 Å². The highest BCUT2D eigenvalue weighted by atomic mass is 32.1. The van der Waals surface area contributed by atoms with Crippen molar-refractivity contribution in [3.05, 3.63) is 119 Å². The van der Waals surface area contributed by atoms with Gasteiger partial charge in [-0.3, -0.25) is 14.4 Å². The summed E-state index contributed by atoms with van der Waals surface area (Å²) in [4.78, 5) is 86.3. The number of Topliss-reactive ketones (excluding diaryl/α,β-unsaturated/α-hetero) is 1. The van der Waals surface area contributed by atoms with E-state index < -0.39 is 119 Å². The Morgan fingerprint density at radius 1 is 0.914 bits per heavy atom. The standard InChI is InChI=1S/C52H61FN2O14S/c1-8-54-48(61)67-36-26-37-51(28-65-37,69-30(4)56)42-44(68-46(59)33-20-22-34(53)23-21-33)52(62)27-35(29(3)38(49(52,5)6)40(64-24-25-70)43(57)50(36,42)7)66-47(60)41(63-9-2)39(31-16-12-10-13-17-31)55-45(58)32-18-14-11-15-19-32/h10-23,35-37,39-42,44,62,70H,8-9,24-28H2,1-7H3,(H,54,61)(H,55,58)/t35-,36-,37+,39-,40+,41+,42?,44-,50+,51-,52+/m0/s1. The summed E-state index contributed by atoms with van der Waals surface area (Å²) in [7, 11) is 0. The van der Waals surface area contributed by atoms with Crippen LogP contribution in [0, 0.1) is 22.6 Å². The minimum Gasteiger partial charge on any atom is -0.456 e. The molecule has 11 atom stereocenters. The first-order chi connectivity index (χ1) is 33.3. The van der Waals surface area contributed by atoms with E-state index in [-0.39, 0.29) is 49.7 Å². The molecule has 376 valence electrons. The van der Waals surface area contributed by atoms with Crippen molar-refractivity contribution < 1.29 is 71.4 Å². The van der Waals surface area contributed by atoms with Gasteiger partial charge in [0.1, 0.15) is 41.9 Å². The van der Waals surface area contributed by atoms with Crippen molar-refractivity contribution in [3.63, 3.8) is 0 Å². The Bertz CT molecular complexity index is 2470. The number of carbonyl (C=O) groups excluding carboxylic acids is 6. The Balaban J connectivity index is 1.44. The second-order valence-corrected chi connectivity index (χ2v) is 19.3. The fourth-order valence-corrected chi connectivity index (χ4v) is 11.1. The summed E-state index contributed by atoms with van der Waals surface area (Å²) >= 11 is 4.40. The number of thiol groups is 1. The molecule has 3 N–H and O–H groups in total. The molecule has 0 spiro atoms. The summed E-state index contributed by atoms with van der Waals surface area (Å²) in [5, 5.41) is 19.6. The molecule has 1 saturated heterocycles. The molecule has 18 heteroatoms. The summed E-state index contributed by atoms with van der Waals surface area (Å²) in [6.07, 6.45) is -10.3. The van der Waals surface area contributed by atoms with Crippen molar-refractivity contribution in [3.8, 4) is 0 Å². The van der Waals surface area contributed by atoms with Crippen molar-refractivity contribution in [2.45, 2.75) is 115 Å².